The van der Waals surface area contributed by atoms with Crippen LogP contribution in [0.2, 0.25) is 0 Å². The summed E-state index contributed by atoms with van der Waals surface area (Å²) in [6, 6.07) is 8.52. The predicted molar refractivity (Wildman–Crippen MR) is 134 cm³/mol. The van der Waals surface area contributed by atoms with Crippen LogP contribution in [0.3, 0.4) is 0 Å². The third-order valence-corrected chi connectivity index (χ3v) is 7.37. The number of hydrogen-bond acceptors (Lipinski definition) is 6. The van der Waals surface area contributed by atoms with Crippen LogP contribution in [0.15, 0.2) is 55.1 Å². The molecule has 13 heteroatoms. The molecule has 7 heterocycles. The number of imidazole rings is 1. The number of carbonyl (C=O) groups excluding carboxylic acids is 1. The first-order chi connectivity index (χ1) is 18.9. The quantitative estimate of drug-likeness (QED) is 0.380. The molecule has 7 rings (SSSR count). The van der Waals surface area contributed by atoms with Gasteiger partial charge in [-0.05, 0) is 30.3 Å². The first-order valence-electron chi connectivity index (χ1n) is 12.6. The molecule has 5 aromatic heterocycles. The van der Waals surface area contributed by atoms with Crippen LogP contribution in [0, 0.1) is 0 Å². The Morgan fingerprint density at radius 1 is 1.10 bits per heavy atom. The van der Waals surface area contributed by atoms with E-state index >= 15 is 0 Å². The van der Waals surface area contributed by atoms with Crippen LogP contribution in [0.5, 0.6) is 0 Å². The van der Waals surface area contributed by atoms with Gasteiger partial charge in [0.2, 0.25) is 0 Å². The topological polar surface area (TPSA) is 96.1 Å². The zero-order valence-electron chi connectivity index (χ0n) is 20.6. The second-order valence-corrected chi connectivity index (χ2v) is 9.61. The Balaban J connectivity index is 1.28. The average molecular weight is 537 g/mol. The molecule has 1 saturated heterocycles. The number of H-pyrrole nitrogens is 1. The molecule has 1 fully saturated rings. The highest BCUT2D eigenvalue weighted by molar-refractivity contribution is 6.01. The maximum Gasteiger partial charge on any atom is 0.433 e. The minimum Gasteiger partial charge on any atom is -0.378 e. The fourth-order valence-electron chi connectivity index (χ4n) is 5.48. The zero-order valence-corrected chi connectivity index (χ0v) is 20.6. The standard InChI is InChI=1S/C26H23F3N8O2/c27-26(28,29)22-3-1-2-16-12-20(33-37(16)22)24-23-19(30-15-31-23)6-7-35(24)25(38)18-13-32-36-14-17(4-5-21(18)36)34-8-10-39-11-9-34/h1-5,12-15,24H,6-11H2,(H,30,31). The van der Waals surface area contributed by atoms with Crippen LogP contribution in [0.1, 0.15) is 39.2 Å². The lowest BCUT2D eigenvalue weighted by Crippen LogP contribution is -2.41. The minimum absolute atomic E-state index is 0.279. The summed E-state index contributed by atoms with van der Waals surface area (Å²) in [6.45, 7) is 3.19. The van der Waals surface area contributed by atoms with E-state index in [9.17, 15) is 18.0 Å². The van der Waals surface area contributed by atoms with Gasteiger partial charge in [-0.3, -0.25) is 4.79 Å². The molecule has 0 aliphatic carbocycles. The third-order valence-electron chi connectivity index (χ3n) is 7.37. The van der Waals surface area contributed by atoms with E-state index in [1.807, 2.05) is 18.3 Å². The number of rotatable bonds is 3. The number of amides is 1. The number of ether oxygens (including phenoxy) is 1. The van der Waals surface area contributed by atoms with Gasteiger partial charge < -0.3 is 19.5 Å². The monoisotopic (exact) mass is 536 g/mol. The molecule has 1 atom stereocenters. The van der Waals surface area contributed by atoms with Crippen LogP contribution in [-0.2, 0) is 17.3 Å². The number of aromatic nitrogens is 6. The smallest absolute Gasteiger partial charge is 0.378 e. The Bertz CT molecular complexity index is 1700. The first kappa shape index (κ1) is 23.7. The Hall–Kier alpha value is -4.39. The van der Waals surface area contributed by atoms with E-state index in [2.05, 4.69) is 25.1 Å². The number of nitrogens with zero attached hydrogens (tertiary/aromatic N) is 7. The summed E-state index contributed by atoms with van der Waals surface area (Å²) in [5, 5.41) is 8.77. The van der Waals surface area contributed by atoms with Crippen molar-refractivity contribution in [1.29, 1.82) is 0 Å². The van der Waals surface area contributed by atoms with Gasteiger partial charge in [0.15, 0.2) is 0 Å². The molecule has 1 N–H and O–H groups in total. The summed E-state index contributed by atoms with van der Waals surface area (Å²) in [6.07, 6.45) is 0.894. The van der Waals surface area contributed by atoms with E-state index in [-0.39, 0.29) is 11.4 Å². The molecule has 1 unspecified atom stereocenters. The largest absolute Gasteiger partial charge is 0.433 e. The average Bonchev–Trinajstić information content (AvgIpc) is 3.69. The lowest BCUT2D eigenvalue weighted by atomic mass is 9.98. The number of carbonyl (C=O) groups is 1. The van der Waals surface area contributed by atoms with Crippen LogP contribution in [0.25, 0.3) is 11.0 Å². The molecule has 0 aromatic carbocycles. The van der Waals surface area contributed by atoms with Crippen LogP contribution in [0.4, 0.5) is 18.9 Å². The molecule has 2 aliphatic rings. The molecule has 200 valence electrons. The Morgan fingerprint density at radius 3 is 2.77 bits per heavy atom. The maximum absolute atomic E-state index is 14.0. The van der Waals surface area contributed by atoms with Crippen molar-refractivity contribution in [2.45, 2.75) is 18.6 Å². The van der Waals surface area contributed by atoms with Crippen molar-refractivity contribution in [1.82, 2.24) is 34.1 Å². The highest BCUT2D eigenvalue weighted by Crippen LogP contribution is 2.36. The van der Waals surface area contributed by atoms with Crippen LogP contribution in [-0.4, -0.2) is 72.9 Å². The molecule has 0 radical (unpaired) electrons. The Morgan fingerprint density at radius 2 is 1.95 bits per heavy atom. The molecule has 2 aliphatic heterocycles. The van der Waals surface area contributed by atoms with E-state index in [1.165, 1.54) is 18.6 Å². The molecular formula is C26H23F3N8O2. The van der Waals surface area contributed by atoms with E-state index in [1.54, 1.807) is 21.5 Å². The number of anilines is 1. The number of fused-ring (bicyclic) bond motifs is 3. The summed E-state index contributed by atoms with van der Waals surface area (Å²) in [5.41, 5.74) is 3.10. The Kier molecular flexibility index (Phi) is 5.37. The fraction of sp³-hybridized carbons (Fsp3) is 0.308. The third kappa shape index (κ3) is 3.92. The van der Waals surface area contributed by atoms with Gasteiger partial charge in [-0.1, -0.05) is 6.07 Å². The summed E-state index contributed by atoms with van der Waals surface area (Å²) < 4.78 is 49.0. The number of hydrogen-bond donors (Lipinski definition) is 1. The second kappa shape index (κ2) is 8.83. The highest BCUT2D eigenvalue weighted by atomic mass is 19.4. The van der Waals surface area contributed by atoms with Crippen molar-refractivity contribution >= 4 is 22.6 Å². The lowest BCUT2D eigenvalue weighted by molar-refractivity contribution is -0.142. The highest BCUT2D eigenvalue weighted by Gasteiger charge is 2.39. The lowest BCUT2D eigenvalue weighted by Gasteiger charge is -2.33. The molecule has 39 heavy (non-hydrogen) atoms. The van der Waals surface area contributed by atoms with Gasteiger partial charge in [0, 0.05) is 31.7 Å². The summed E-state index contributed by atoms with van der Waals surface area (Å²) in [7, 11) is 0. The van der Waals surface area contributed by atoms with Gasteiger partial charge in [-0.25, -0.2) is 14.0 Å². The molecule has 0 bridgehead atoms. The SMILES string of the molecule is O=C(c1cnn2cc(N3CCOCC3)ccc12)N1CCc2[nH]cnc2C1c1cc2cccc(C(F)(F)F)n2n1. The molecule has 10 nitrogen and oxygen atoms in total. The number of halogens is 3. The number of alkyl halides is 3. The van der Waals surface area contributed by atoms with E-state index in [0.717, 1.165) is 35.1 Å². The van der Waals surface area contributed by atoms with Crippen molar-refractivity contribution in [3.05, 3.63) is 83.5 Å². The van der Waals surface area contributed by atoms with Gasteiger partial charge in [-0.15, -0.1) is 0 Å². The number of aromatic amines is 1. The summed E-state index contributed by atoms with van der Waals surface area (Å²) in [4.78, 5) is 25.4. The first-order valence-corrected chi connectivity index (χ1v) is 12.6. The van der Waals surface area contributed by atoms with Gasteiger partial charge in [0.05, 0.1) is 65.6 Å². The zero-order chi connectivity index (χ0) is 26.7. The number of nitrogens with one attached hydrogen (secondary N) is 1. The molecular weight excluding hydrogens is 513 g/mol. The van der Waals surface area contributed by atoms with Crippen molar-refractivity contribution in [3.63, 3.8) is 0 Å². The van der Waals surface area contributed by atoms with Gasteiger partial charge in [0.25, 0.3) is 5.91 Å². The van der Waals surface area contributed by atoms with Gasteiger partial charge in [-0.2, -0.15) is 23.4 Å². The van der Waals surface area contributed by atoms with Crippen LogP contribution < -0.4 is 4.90 Å². The van der Waals surface area contributed by atoms with E-state index < -0.39 is 17.9 Å². The summed E-state index contributed by atoms with van der Waals surface area (Å²) in [5.74, 6) is -0.295. The van der Waals surface area contributed by atoms with E-state index in [4.69, 9.17) is 4.74 Å². The van der Waals surface area contributed by atoms with E-state index in [0.29, 0.717) is 48.6 Å². The molecule has 0 spiro atoms. The number of morpholine rings is 1. The molecule has 5 aromatic rings. The van der Waals surface area contributed by atoms with Crippen molar-refractivity contribution in [2.75, 3.05) is 37.7 Å². The number of pyridine rings is 2. The summed E-state index contributed by atoms with van der Waals surface area (Å²) >= 11 is 0. The molecule has 0 saturated carbocycles. The minimum atomic E-state index is -4.58. The van der Waals surface area contributed by atoms with Gasteiger partial charge >= 0.3 is 6.18 Å². The van der Waals surface area contributed by atoms with Crippen molar-refractivity contribution in [3.8, 4) is 0 Å². The van der Waals surface area contributed by atoms with Crippen LogP contribution >= 0.6 is 0 Å². The normalized spacial score (nSPS) is 18.2. The fourth-order valence-corrected chi connectivity index (χ4v) is 5.48. The van der Waals surface area contributed by atoms with Gasteiger partial charge in [0.1, 0.15) is 11.7 Å². The second-order valence-electron chi connectivity index (χ2n) is 9.61. The predicted octanol–water partition coefficient (Wildman–Crippen LogP) is 3.35. The van der Waals surface area contributed by atoms with Crippen molar-refractivity contribution < 1.29 is 22.7 Å². The maximum atomic E-state index is 14.0. The Labute approximate surface area is 219 Å². The van der Waals surface area contributed by atoms with Crippen molar-refractivity contribution in [2.24, 2.45) is 0 Å². The molecule has 1 amide bonds.